The van der Waals surface area contributed by atoms with Gasteiger partial charge in [0.15, 0.2) is 0 Å². The topological polar surface area (TPSA) is 166 Å². The van der Waals surface area contributed by atoms with E-state index in [9.17, 15) is 34.5 Å². The molecular formula is C31H33N5O9. The highest BCUT2D eigenvalue weighted by atomic mass is 16.6. The molecule has 0 spiro atoms. The van der Waals surface area contributed by atoms with Crippen molar-refractivity contribution in [3.63, 3.8) is 0 Å². The first kappa shape index (κ1) is 32.6. The summed E-state index contributed by atoms with van der Waals surface area (Å²) in [6.45, 7) is 5.74. The number of fused-ring (bicyclic) bond motifs is 1. The number of nitro benzene ring substituents is 1. The van der Waals surface area contributed by atoms with E-state index in [1.807, 2.05) is 6.07 Å². The number of aromatic nitrogens is 2. The van der Waals surface area contributed by atoms with Gasteiger partial charge in [-0.15, -0.1) is 4.73 Å². The average molecular weight is 620 g/mol. The van der Waals surface area contributed by atoms with E-state index in [1.165, 1.54) is 22.8 Å². The molecule has 0 aliphatic carbocycles. The zero-order valence-corrected chi connectivity index (χ0v) is 24.6. The molecule has 0 bridgehead atoms. The molecular weight excluding hydrogens is 586 g/mol. The summed E-state index contributed by atoms with van der Waals surface area (Å²) in [6, 6.07) is 21.5. The molecule has 1 aliphatic rings. The molecule has 14 heteroatoms. The number of hydrogen-bond donors (Lipinski definition) is 1. The minimum absolute atomic E-state index is 0.0172. The van der Waals surface area contributed by atoms with E-state index in [0.717, 1.165) is 23.6 Å². The number of nitro groups is 1. The van der Waals surface area contributed by atoms with Gasteiger partial charge in [0.2, 0.25) is 0 Å². The van der Waals surface area contributed by atoms with Crippen LogP contribution < -0.4 is 16.0 Å². The van der Waals surface area contributed by atoms with Crippen LogP contribution in [-0.2, 0) is 32.2 Å². The number of ether oxygens (including phenoxy) is 2. The van der Waals surface area contributed by atoms with Crippen molar-refractivity contribution in [2.45, 2.75) is 20.0 Å². The number of nitrogens with zero attached hydrogens (tertiary/aromatic N) is 5. The molecule has 14 nitrogen and oxygen atoms in total. The average Bonchev–Trinajstić information content (AvgIpc) is 3.07. The molecule has 3 aromatic carbocycles. The van der Waals surface area contributed by atoms with Gasteiger partial charge in [0.1, 0.15) is 11.2 Å². The molecule has 0 unspecified atom stereocenters. The summed E-state index contributed by atoms with van der Waals surface area (Å²) in [6.07, 6.45) is 0. The molecule has 5 rings (SSSR count). The third kappa shape index (κ3) is 7.99. The van der Waals surface area contributed by atoms with Gasteiger partial charge in [0.25, 0.3) is 5.69 Å². The fourth-order valence-electron chi connectivity index (χ4n) is 4.77. The molecule has 2 heterocycles. The first-order valence-corrected chi connectivity index (χ1v) is 14.2. The molecule has 0 saturated carbocycles. The lowest BCUT2D eigenvalue weighted by molar-refractivity contribution is -0.384. The Morgan fingerprint density at radius 1 is 0.911 bits per heavy atom. The van der Waals surface area contributed by atoms with Crippen molar-refractivity contribution in [3.05, 3.63) is 115 Å². The number of carbonyl (C=O) groups excluding carboxylic acids is 2. The van der Waals surface area contributed by atoms with Crippen LogP contribution in [0.5, 0.6) is 0 Å². The Hall–Kier alpha value is -5.34. The quantitative estimate of drug-likeness (QED) is 0.102. The van der Waals surface area contributed by atoms with Crippen LogP contribution >= 0.6 is 0 Å². The van der Waals surface area contributed by atoms with Crippen molar-refractivity contribution >= 4 is 34.3 Å². The molecule has 1 fully saturated rings. The highest BCUT2D eigenvalue weighted by Crippen LogP contribution is 2.29. The Kier molecular flexibility index (Phi) is 11.2. The normalized spacial score (nSPS) is 13.0. The van der Waals surface area contributed by atoms with E-state index in [1.54, 1.807) is 61.5 Å². The van der Waals surface area contributed by atoms with Gasteiger partial charge >= 0.3 is 23.0 Å². The molecule has 1 saturated heterocycles. The van der Waals surface area contributed by atoms with Gasteiger partial charge in [0, 0.05) is 32.2 Å². The Bertz CT molecular complexity index is 1770. The largest absolute Gasteiger partial charge is 0.459 e. The van der Waals surface area contributed by atoms with E-state index in [0.29, 0.717) is 42.1 Å². The van der Waals surface area contributed by atoms with Crippen LogP contribution in [0.4, 0.5) is 11.4 Å². The van der Waals surface area contributed by atoms with Crippen LogP contribution in [0.2, 0.25) is 0 Å². The van der Waals surface area contributed by atoms with Crippen LogP contribution in [0.1, 0.15) is 12.5 Å². The van der Waals surface area contributed by atoms with E-state index in [4.69, 9.17) is 9.47 Å². The van der Waals surface area contributed by atoms with Crippen LogP contribution in [0, 0.1) is 10.1 Å². The molecule has 0 radical (unpaired) electrons. The highest BCUT2D eigenvalue weighted by molar-refractivity contribution is 6.38. The van der Waals surface area contributed by atoms with Gasteiger partial charge in [-0.2, -0.15) is 0 Å². The number of benzene rings is 3. The Balaban J connectivity index is 0.000000206. The lowest BCUT2D eigenvalue weighted by atomic mass is 10.1. The van der Waals surface area contributed by atoms with Crippen molar-refractivity contribution in [2.24, 2.45) is 0 Å². The lowest BCUT2D eigenvalue weighted by Gasteiger charge is -2.26. The predicted molar refractivity (Wildman–Crippen MR) is 164 cm³/mol. The van der Waals surface area contributed by atoms with Crippen molar-refractivity contribution in [1.29, 1.82) is 0 Å². The Labute approximate surface area is 257 Å². The standard InChI is InChI=1S/C17H16N2O5.C14H17N3O4/c1-2-24-17(21)16(20)18(12-13-8-4-3-5-9-13)14-10-6-7-11-15(14)19(22)23;18-13-14(19)17(20)12-4-2-1-3-11(12)16(13)6-5-15-7-9-21-10-8-15/h3-11H,2,12H2,1H3;1-4,20H,5-10H2. The number of hydrogen-bond acceptors (Lipinski definition) is 10. The number of carbonyl (C=O) groups is 2. The molecule has 1 amide bonds. The van der Waals surface area contributed by atoms with Gasteiger partial charge in [0.05, 0.1) is 36.8 Å². The second kappa shape index (κ2) is 15.4. The fraction of sp³-hybridized carbons (Fsp3) is 0.290. The lowest BCUT2D eigenvalue weighted by Crippen LogP contribution is -2.44. The Morgan fingerprint density at radius 2 is 1.53 bits per heavy atom. The first-order valence-electron chi connectivity index (χ1n) is 14.2. The van der Waals surface area contributed by atoms with Crippen LogP contribution in [0.15, 0.2) is 88.5 Å². The van der Waals surface area contributed by atoms with E-state index < -0.39 is 27.9 Å². The van der Waals surface area contributed by atoms with Crippen LogP contribution in [-0.4, -0.2) is 75.7 Å². The second-order valence-corrected chi connectivity index (χ2v) is 9.86. The minimum atomic E-state index is -1.05. The van der Waals surface area contributed by atoms with Gasteiger partial charge in [-0.25, -0.2) is 4.79 Å². The summed E-state index contributed by atoms with van der Waals surface area (Å²) in [4.78, 5) is 62.1. The molecule has 4 aromatic rings. The minimum Gasteiger partial charge on any atom is -0.459 e. The SMILES string of the molecule is CCOC(=O)C(=O)N(Cc1ccccc1)c1ccccc1[N+](=O)[O-].O=c1c(=O)n(CCN2CCOCC2)c2ccccc2n1O. The molecule has 1 N–H and O–H groups in total. The first-order chi connectivity index (χ1) is 21.7. The molecule has 1 aromatic heterocycles. The van der Waals surface area contributed by atoms with Crippen LogP contribution in [0.3, 0.4) is 0 Å². The van der Waals surface area contributed by atoms with Crippen molar-refractivity contribution in [3.8, 4) is 0 Å². The number of para-hydroxylation sites is 4. The van der Waals surface area contributed by atoms with E-state index in [-0.39, 0.29) is 24.5 Å². The highest BCUT2D eigenvalue weighted by Gasteiger charge is 2.29. The van der Waals surface area contributed by atoms with Gasteiger partial charge in [-0.1, -0.05) is 54.6 Å². The summed E-state index contributed by atoms with van der Waals surface area (Å²) in [7, 11) is 0. The molecule has 0 atom stereocenters. The smallest absolute Gasteiger partial charge is 0.397 e. The number of anilines is 1. The summed E-state index contributed by atoms with van der Waals surface area (Å²) in [5.41, 5.74) is -0.217. The summed E-state index contributed by atoms with van der Waals surface area (Å²) >= 11 is 0. The van der Waals surface area contributed by atoms with Gasteiger partial charge < -0.3 is 19.2 Å². The third-order valence-electron chi connectivity index (χ3n) is 7.01. The summed E-state index contributed by atoms with van der Waals surface area (Å²) < 4.78 is 11.9. The second-order valence-electron chi connectivity index (χ2n) is 9.86. The summed E-state index contributed by atoms with van der Waals surface area (Å²) in [5, 5.41) is 21.0. The zero-order chi connectivity index (χ0) is 32.3. The number of morpholine rings is 1. The molecule has 236 valence electrons. The van der Waals surface area contributed by atoms with Crippen molar-refractivity contribution in [1.82, 2.24) is 14.2 Å². The maximum Gasteiger partial charge on any atom is 0.397 e. The molecule has 45 heavy (non-hydrogen) atoms. The summed E-state index contributed by atoms with van der Waals surface area (Å²) in [5.74, 6) is -2.00. The number of rotatable bonds is 8. The maximum absolute atomic E-state index is 12.4. The van der Waals surface area contributed by atoms with Gasteiger partial charge in [-0.3, -0.25) is 34.3 Å². The zero-order valence-electron chi connectivity index (χ0n) is 24.6. The molecule has 1 aliphatic heterocycles. The van der Waals surface area contributed by atoms with E-state index in [2.05, 4.69) is 4.90 Å². The third-order valence-corrected chi connectivity index (χ3v) is 7.01. The maximum atomic E-state index is 12.4. The van der Waals surface area contributed by atoms with Crippen LogP contribution in [0.25, 0.3) is 11.0 Å². The van der Waals surface area contributed by atoms with E-state index >= 15 is 0 Å². The van der Waals surface area contributed by atoms with Gasteiger partial charge in [-0.05, 0) is 30.7 Å². The monoisotopic (exact) mass is 619 g/mol. The number of amides is 1. The number of esters is 1. The van der Waals surface area contributed by atoms with Crippen molar-refractivity contribution in [2.75, 3.05) is 44.4 Å². The predicted octanol–water partition coefficient (Wildman–Crippen LogP) is 2.42. The Morgan fingerprint density at radius 3 is 2.20 bits per heavy atom. The van der Waals surface area contributed by atoms with Crippen molar-refractivity contribution < 1.29 is 29.2 Å². The fourth-order valence-corrected chi connectivity index (χ4v) is 4.77.